The number of rotatable bonds is 3. The van der Waals surface area contributed by atoms with E-state index >= 15 is 0 Å². The Balaban J connectivity index is 2.42. The van der Waals surface area contributed by atoms with E-state index < -0.39 is 0 Å². The zero-order chi connectivity index (χ0) is 14.0. The largest absolute Gasteiger partial charge is 0.340 e. The average Bonchev–Trinajstić information content (AvgIpc) is 2.38. The van der Waals surface area contributed by atoms with E-state index in [9.17, 15) is 4.39 Å². The summed E-state index contributed by atoms with van der Waals surface area (Å²) in [6.07, 6.45) is 0.691. The summed E-state index contributed by atoms with van der Waals surface area (Å²) in [5, 5.41) is 3.54. The maximum Gasteiger partial charge on any atom is 0.138 e. The number of aryl methyl sites for hydroxylation is 2. The van der Waals surface area contributed by atoms with Gasteiger partial charge in [0.25, 0.3) is 0 Å². The van der Waals surface area contributed by atoms with Crippen molar-refractivity contribution in [2.24, 2.45) is 0 Å². The Kier molecular flexibility index (Phi) is 4.00. The van der Waals surface area contributed by atoms with Gasteiger partial charge in [-0.25, -0.2) is 14.4 Å². The number of hydrogen-bond donors (Lipinski definition) is 1. The molecule has 3 nitrogen and oxygen atoms in total. The van der Waals surface area contributed by atoms with E-state index in [2.05, 4.69) is 15.3 Å². The molecule has 1 N–H and O–H groups in total. The highest BCUT2D eigenvalue weighted by atomic mass is 35.5. The van der Waals surface area contributed by atoms with Gasteiger partial charge >= 0.3 is 0 Å². The van der Waals surface area contributed by atoms with Gasteiger partial charge < -0.3 is 5.32 Å². The summed E-state index contributed by atoms with van der Waals surface area (Å²) in [7, 11) is 0. The number of hydrogen-bond acceptors (Lipinski definition) is 3. The Hall–Kier alpha value is -1.68. The fraction of sp³-hybridized carbons (Fsp3) is 0.286. The molecule has 2 aromatic rings. The van der Waals surface area contributed by atoms with Gasteiger partial charge in [0.1, 0.15) is 22.6 Å². The summed E-state index contributed by atoms with van der Waals surface area (Å²) in [6.45, 7) is 5.69. The number of benzene rings is 1. The number of aromatic nitrogens is 2. The molecule has 0 atom stereocenters. The summed E-state index contributed by atoms with van der Waals surface area (Å²) in [5.41, 5.74) is 2.37. The van der Waals surface area contributed by atoms with Gasteiger partial charge in [0.2, 0.25) is 0 Å². The van der Waals surface area contributed by atoms with Crippen molar-refractivity contribution in [3.05, 3.63) is 46.1 Å². The lowest BCUT2D eigenvalue weighted by Crippen LogP contribution is -2.04. The van der Waals surface area contributed by atoms with Gasteiger partial charge in [-0.15, -0.1) is 0 Å². The normalized spacial score (nSPS) is 10.6. The first-order chi connectivity index (χ1) is 9.01. The highest BCUT2D eigenvalue weighted by molar-refractivity contribution is 6.30. The van der Waals surface area contributed by atoms with Crippen molar-refractivity contribution < 1.29 is 4.39 Å². The Labute approximate surface area is 116 Å². The van der Waals surface area contributed by atoms with Crippen LogP contribution >= 0.6 is 11.6 Å². The van der Waals surface area contributed by atoms with Crippen LogP contribution in [0.5, 0.6) is 0 Å². The van der Waals surface area contributed by atoms with Gasteiger partial charge in [-0.05, 0) is 31.5 Å². The minimum absolute atomic E-state index is 0.290. The molecule has 0 aliphatic carbocycles. The molecule has 0 fully saturated rings. The van der Waals surface area contributed by atoms with Crippen LogP contribution in [0.1, 0.15) is 23.9 Å². The molecule has 1 heterocycles. The highest BCUT2D eigenvalue weighted by Gasteiger charge is 2.10. The van der Waals surface area contributed by atoms with E-state index in [1.165, 1.54) is 12.1 Å². The van der Waals surface area contributed by atoms with E-state index in [-0.39, 0.29) is 5.82 Å². The fourth-order valence-electron chi connectivity index (χ4n) is 1.67. The molecule has 0 aliphatic heterocycles. The van der Waals surface area contributed by atoms with Gasteiger partial charge in [-0.3, -0.25) is 0 Å². The highest BCUT2D eigenvalue weighted by Crippen LogP contribution is 2.25. The smallest absolute Gasteiger partial charge is 0.138 e. The second kappa shape index (κ2) is 5.53. The molecule has 0 spiro atoms. The monoisotopic (exact) mass is 279 g/mol. The van der Waals surface area contributed by atoms with E-state index in [4.69, 9.17) is 11.6 Å². The van der Waals surface area contributed by atoms with E-state index in [0.717, 1.165) is 11.1 Å². The van der Waals surface area contributed by atoms with E-state index in [1.54, 1.807) is 6.07 Å². The number of halogens is 2. The van der Waals surface area contributed by atoms with Crippen LogP contribution in [0.3, 0.4) is 0 Å². The quantitative estimate of drug-likeness (QED) is 0.856. The van der Waals surface area contributed by atoms with Crippen molar-refractivity contribution in [3.8, 4) is 0 Å². The zero-order valence-corrected chi connectivity index (χ0v) is 11.8. The molecule has 0 bridgehead atoms. The minimum atomic E-state index is -0.290. The first-order valence-corrected chi connectivity index (χ1v) is 6.45. The van der Waals surface area contributed by atoms with Crippen molar-refractivity contribution in [1.82, 2.24) is 9.97 Å². The summed E-state index contributed by atoms with van der Waals surface area (Å²) >= 11 is 6.07. The Bertz CT molecular complexity index is 614. The average molecular weight is 280 g/mol. The second-order valence-corrected chi connectivity index (χ2v) is 4.70. The van der Waals surface area contributed by atoms with Crippen LogP contribution in [0.4, 0.5) is 15.9 Å². The molecule has 5 heteroatoms. The third-order valence-electron chi connectivity index (χ3n) is 2.90. The number of nitrogens with one attached hydrogen (secondary N) is 1. The maximum atomic E-state index is 13.3. The summed E-state index contributed by atoms with van der Waals surface area (Å²) in [5.74, 6) is 0.985. The standard InChI is InChI=1S/C14H15ClFN3/c1-4-12-18-13(15)9(3)14(19-12)17-11-7-10(16)6-5-8(11)2/h5-7H,4H2,1-3H3,(H,17,18,19). The molecule has 0 saturated carbocycles. The fourth-order valence-corrected chi connectivity index (χ4v) is 1.86. The summed E-state index contributed by atoms with van der Waals surface area (Å²) in [6, 6.07) is 4.59. The minimum Gasteiger partial charge on any atom is -0.340 e. The molecular weight excluding hydrogens is 265 g/mol. The molecular formula is C14H15ClFN3. The number of anilines is 2. The maximum absolute atomic E-state index is 13.3. The van der Waals surface area contributed by atoms with Crippen molar-refractivity contribution in [3.63, 3.8) is 0 Å². The topological polar surface area (TPSA) is 37.8 Å². The Morgan fingerprint density at radius 1 is 1.26 bits per heavy atom. The molecule has 0 amide bonds. The van der Waals surface area contributed by atoms with Crippen LogP contribution < -0.4 is 5.32 Å². The van der Waals surface area contributed by atoms with Crippen molar-refractivity contribution >= 4 is 23.1 Å². The van der Waals surface area contributed by atoms with Crippen LogP contribution in [0.25, 0.3) is 0 Å². The third-order valence-corrected chi connectivity index (χ3v) is 3.27. The van der Waals surface area contributed by atoms with Gasteiger partial charge in [0.15, 0.2) is 0 Å². The lowest BCUT2D eigenvalue weighted by Gasteiger charge is -2.13. The van der Waals surface area contributed by atoms with Gasteiger partial charge in [0, 0.05) is 17.7 Å². The van der Waals surface area contributed by atoms with Crippen molar-refractivity contribution in [2.45, 2.75) is 27.2 Å². The summed E-state index contributed by atoms with van der Waals surface area (Å²) < 4.78 is 13.3. The first kappa shape index (κ1) is 13.7. The molecule has 0 radical (unpaired) electrons. The second-order valence-electron chi connectivity index (χ2n) is 4.34. The lowest BCUT2D eigenvalue weighted by molar-refractivity contribution is 0.628. The molecule has 100 valence electrons. The Morgan fingerprint density at radius 2 is 2.00 bits per heavy atom. The molecule has 1 aromatic heterocycles. The van der Waals surface area contributed by atoms with Crippen molar-refractivity contribution in [1.29, 1.82) is 0 Å². The predicted octanol–water partition coefficient (Wildman–Crippen LogP) is 4.19. The van der Waals surface area contributed by atoms with Crippen LogP contribution in [-0.2, 0) is 6.42 Å². The van der Waals surface area contributed by atoms with Crippen LogP contribution in [0, 0.1) is 19.7 Å². The van der Waals surface area contributed by atoms with Gasteiger partial charge in [0.05, 0.1) is 0 Å². The third kappa shape index (κ3) is 3.01. The van der Waals surface area contributed by atoms with Crippen LogP contribution in [0.15, 0.2) is 18.2 Å². The molecule has 1 aromatic carbocycles. The summed E-state index contributed by atoms with van der Waals surface area (Å²) in [4.78, 5) is 8.56. The molecule has 0 saturated heterocycles. The first-order valence-electron chi connectivity index (χ1n) is 6.07. The Morgan fingerprint density at radius 3 is 2.68 bits per heavy atom. The molecule has 0 unspecified atom stereocenters. The van der Waals surface area contributed by atoms with Gasteiger partial charge in [-0.1, -0.05) is 24.6 Å². The van der Waals surface area contributed by atoms with E-state index in [1.807, 2.05) is 20.8 Å². The number of nitrogens with zero attached hydrogens (tertiary/aromatic N) is 2. The van der Waals surface area contributed by atoms with E-state index in [0.29, 0.717) is 28.9 Å². The molecule has 19 heavy (non-hydrogen) atoms. The zero-order valence-electron chi connectivity index (χ0n) is 11.1. The van der Waals surface area contributed by atoms with Gasteiger partial charge in [-0.2, -0.15) is 0 Å². The lowest BCUT2D eigenvalue weighted by atomic mass is 10.2. The van der Waals surface area contributed by atoms with Crippen LogP contribution in [-0.4, -0.2) is 9.97 Å². The van der Waals surface area contributed by atoms with Crippen molar-refractivity contribution in [2.75, 3.05) is 5.32 Å². The van der Waals surface area contributed by atoms with Crippen LogP contribution in [0.2, 0.25) is 5.15 Å². The predicted molar refractivity (Wildman–Crippen MR) is 75.6 cm³/mol. The SMILES string of the molecule is CCc1nc(Cl)c(C)c(Nc2cc(F)ccc2C)n1. The molecule has 2 rings (SSSR count). The molecule has 0 aliphatic rings.